The standard InChI is InChI=1S/C14H29NO/c1-3-14(2,10-11-16)15-12-13-8-6-4-5-7-9-13/h13,15-16H,3-12H2,1-2H3. The lowest BCUT2D eigenvalue weighted by molar-refractivity contribution is 0.207. The molecule has 1 atom stereocenters. The number of hydrogen-bond acceptors (Lipinski definition) is 2. The molecule has 0 heterocycles. The van der Waals surface area contributed by atoms with E-state index in [1.807, 2.05) is 0 Å². The highest BCUT2D eigenvalue weighted by Gasteiger charge is 2.22. The minimum absolute atomic E-state index is 0.140. The summed E-state index contributed by atoms with van der Waals surface area (Å²) in [5.74, 6) is 0.868. The second-order valence-corrected chi connectivity index (χ2v) is 5.63. The van der Waals surface area contributed by atoms with Gasteiger partial charge in [0.25, 0.3) is 0 Å². The summed E-state index contributed by atoms with van der Waals surface area (Å²) in [5.41, 5.74) is 0.140. The minimum atomic E-state index is 0.140. The van der Waals surface area contributed by atoms with Gasteiger partial charge in [0.1, 0.15) is 0 Å². The van der Waals surface area contributed by atoms with Crippen LogP contribution in [0.2, 0.25) is 0 Å². The molecular formula is C14H29NO. The topological polar surface area (TPSA) is 32.3 Å². The van der Waals surface area contributed by atoms with Gasteiger partial charge in [-0.15, -0.1) is 0 Å². The first kappa shape index (κ1) is 14.0. The highest BCUT2D eigenvalue weighted by Crippen LogP contribution is 2.23. The Morgan fingerprint density at radius 1 is 1.19 bits per heavy atom. The van der Waals surface area contributed by atoms with Crippen LogP contribution in [0.15, 0.2) is 0 Å². The molecular weight excluding hydrogens is 198 g/mol. The van der Waals surface area contributed by atoms with E-state index in [0.29, 0.717) is 6.61 Å². The third-order valence-electron chi connectivity index (χ3n) is 4.24. The average molecular weight is 227 g/mol. The van der Waals surface area contributed by atoms with Crippen LogP contribution >= 0.6 is 0 Å². The Kier molecular flexibility index (Phi) is 6.37. The van der Waals surface area contributed by atoms with Gasteiger partial charge in [0.15, 0.2) is 0 Å². The quantitative estimate of drug-likeness (QED) is 0.683. The van der Waals surface area contributed by atoms with Crippen LogP contribution in [0, 0.1) is 5.92 Å². The summed E-state index contributed by atoms with van der Waals surface area (Å²) < 4.78 is 0. The summed E-state index contributed by atoms with van der Waals surface area (Å²) in [7, 11) is 0. The number of nitrogens with one attached hydrogen (secondary N) is 1. The van der Waals surface area contributed by atoms with Gasteiger partial charge >= 0.3 is 0 Å². The molecule has 1 aliphatic rings. The molecule has 1 fully saturated rings. The van der Waals surface area contributed by atoms with Crippen LogP contribution < -0.4 is 5.32 Å². The molecule has 0 aromatic carbocycles. The lowest BCUT2D eigenvalue weighted by atomic mass is 9.92. The Hall–Kier alpha value is -0.0800. The fraction of sp³-hybridized carbons (Fsp3) is 1.00. The van der Waals surface area contributed by atoms with E-state index in [0.717, 1.165) is 25.3 Å². The van der Waals surface area contributed by atoms with Crippen LogP contribution in [-0.2, 0) is 0 Å². The average Bonchev–Trinajstić information content (AvgIpc) is 2.55. The van der Waals surface area contributed by atoms with Gasteiger partial charge in [0, 0.05) is 12.1 Å². The predicted molar refractivity (Wildman–Crippen MR) is 69.6 cm³/mol. The van der Waals surface area contributed by atoms with Crippen molar-refractivity contribution in [3.8, 4) is 0 Å². The summed E-state index contributed by atoms with van der Waals surface area (Å²) in [6.07, 6.45) is 10.4. The van der Waals surface area contributed by atoms with Crippen molar-refractivity contribution in [3.05, 3.63) is 0 Å². The third kappa shape index (κ3) is 4.84. The molecule has 0 bridgehead atoms. The summed E-state index contributed by atoms with van der Waals surface area (Å²) >= 11 is 0. The molecule has 2 nitrogen and oxygen atoms in total. The first-order valence-electron chi connectivity index (χ1n) is 7.06. The molecule has 0 amide bonds. The van der Waals surface area contributed by atoms with E-state index in [4.69, 9.17) is 5.11 Å². The molecule has 1 rings (SSSR count). The lowest BCUT2D eigenvalue weighted by Gasteiger charge is -2.31. The largest absolute Gasteiger partial charge is 0.396 e. The van der Waals surface area contributed by atoms with Crippen LogP contribution in [0.4, 0.5) is 0 Å². The summed E-state index contributed by atoms with van der Waals surface area (Å²) in [6, 6.07) is 0. The Balaban J connectivity index is 2.29. The van der Waals surface area contributed by atoms with Crippen molar-refractivity contribution in [1.82, 2.24) is 5.32 Å². The maximum Gasteiger partial charge on any atom is 0.0448 e. The molecule has 0 aliphatic heterocycles. The minimum Gasteiger partial charge on any atom is -0.396 e. The summed E-state index contributed by atoms with van der Waals surface area (Å²) in [5, 5.41) is 12.8. The van der Waals surface area contributed by atoms with Crippen molar-refractivity contribution in [2.45, 2.75) is 70.8 Å². The molecule has 2 N–H and O–H groups in total. The Labute approximate surface area is 101 Å². The van der Waals surface area contributed by atoms with Gasteiger partial charge in [-0.2, -0.15) is 0 Å². The van der Waals surface area contributed by atoms with Gasteiger partial charge in [-0.1, -0.05) is 32.6 Å². The zero-order valence-electron chi connectivity index (χ0n) is 11.1. The summed E-state index contributed by atoms with van der Waals surface area (Å²) in [4.78, 5) is 0. The normalized spacial score (nSPS) is 22.7. The van der Waals surface area contributed by atoms with Crippen molar-refractivity contribution >= 4 is 0 Å². The molecule has 2 heteroatoms. The molecule has 1 aliphatic carbocycles. The zero-order valence-corrected chi connectivity index (χ0v) is 11.1. The molecule has 16 heavy (non-hydrogen) atoms. The second-order valence-electron chi connectivity index (χ2n) is 5.63. The van der Waals surface area contributed by atoms with Gasteiger partial charge in [-0.25, -0.2) is 0 Å². The molecule has 1 saturated carbocycles. The van der Waals surface area contributed by atoms with Crippen molar-refractivity contribution in [1.29, 1.82) is 0 Å². The highest BCUT2D eigenvalue weighted by molar-refractivity contribution is 4.82. The fourth-order valence-electron chi connectivity index (χ4n) is 2.60. The van der Waals surface area contributed by atoms with E-state index in [9.17, 15) is 0 Å². The zero-order chi connectivity index (χ0) is 11.9. The van der Waals surface area contributed by atoms with Gasteiger partial charge in [0.2, 0.25) is 0 Å². The van der Waals surface area contributed by atoms with E-state index in [-0.39, 0.29) is 5.54 Å². The van der Waals surface area contributed by atoms with Gasteiger partial charge < -0.3 is 10.4 Å². The molecule has 1 unspecified atom stereocenters. The molecule has 0 radical (unpaired) electrons. The van der Waals surface area contributed by atoms with Crippen molar-refractivity contribution in [2.24, 2.45) is 5.92 Å². The van der Waals surface area contributed by atoms with Gasteiger partial charge in [0.05, 0.1) is 0 Å². The first-order valence-corrected chi connectivity index (χ1v) is 7.06. The van der Waals surface area contributed by atoms with E-state index in [1.165, 1.54) is 38.5 Å². The number of rotatable bonds is 6. The molecule has 0 aromatic rings. The highest BCUT2D eigenvalue weighted by atomic mass is 16.3. The monoisotopic (exact) mass is 227 g/mol. The van der Waals surface area contributed by atoms with E-state index in [2.05, 4.69) is 19.2 Å². The SMILES string of the molecule is CCC(C)(CCO)NCC1CCCCCC1. The van der Waals surface area contributed by atoms with E-state index >= 15 is 0 Å². The molecule has 0 aromatic heterocycles. The van der Waals surface area contributed by atoms with Gasteiger partial charge in [-0.3, -0.25) is 0 Å². The maximum absolute atomic E-state index is 9.07. The second kappa shape index (κ2) is 7.29. The van der Waals surface area contributed by atoms with Crippen molar-refractivity contribution in [3.63, 3.8) is 0 Å². The van der Waals surface area contributed by atoms with Crippen LogP contribution in [-0.4, -0.2) is 23.8 Å². The molecule has 0 saturated heterocycles. The number of hydrogen-bond donors (Lipinski definition) is 2. The van der Waals surface area contributed by atoms with Crippen molar-refractivity contribution in [2.75, 3.05) is 13.2 Å². The number of aliphatic hydroxyl groups excluding tert-OH is 1. The van der Waals surface area contributed by atoms with Crippen LogP contribution in [0.25, 0.3) is 0 Å². The predicted octanol–water partition coefficient (Wildman–Crippen LogP) is 3.10. The lowest BCUT2D eigenvalue weighted by Crippen LogP contribution is -2.44. The van der Waals surface area contributed by atoms with Crippen LogP contribution in [0.3, 0.4) is 0 Å². The Bertz CT molecular complexity index is 176. The van der Waals surface area contributed by atoms with Crippen molar-refractivity contribution < 1.29 is 5.11 Å². The maximum atomic E-state index is 9.07. The number of aliphatic hydroxyl groups is 1. The summed E-state index contributed by atoms with van der Waals surface area (Å²) in [6.45, 7) is 5.88. The van der Waals surface area contributed by atoms with E-state index in [1.54, 1.807) is 0 Å². The third-order valence-corrected chi connectivity index (χ3v) is 4.24. The van der Waals surface area contributed by atoms with Crippen LogP contribution in [0.5, 0.6) is 0 Å². The van der Waals surface area contributed by atoms with Crippen LogP contribution in [0.1, 0.15) is 65.2 Å². The van der Waals surface area contributed by atoms with Gasteiger partial charge in [-0.05, 0) is 45.1 Å². The Morgan fingerprint density at radius 2 is 1.81 bits per heavy atom. The smallest absolute Gasteiger partial charge is 0.0448 e. The fourth-order valence-corrected chi connectivity index (χ4v) is 2.60. The molecule has 96 valence electrons. The Morgan fingerprint density at radius 3 is 2.31 bits per heavy atom. The van der Waals surface area contributed by atoms with E-state index < -0.39 is 0 Å². The molecule has 0 spiro atoms. The first-order chi connectivity index (χ1) is 7.70.